The van der Waals surface area contributed by atoms with Gasteiger partial charge in [-0.05, 0) is 72.7 Å². The smallest absolute Gasteiger partial charge is 0.345 e. The Labute approximate surface area is 172 Å². The number of hydrogen-bond donors (Lipinski definition) is 0. The monoisotopic (exact) mass is 385 g/mol. The zero-order valence-corrected chi connectivity index (χ0v) is 18.0. The summed E-state index contributed by atoms with van der Waals surface area (Å²) in [5.41, 5.74) is 8.15. The lowest BCUT2D eigenvalue weighted by atomic mass is 9.84. The van der Waals surface area contributed by atoms with Gasteiger partial charge < -0.3 is 9.64 Å². The number of rotatable bonds is 1. The third-order valence-corrected chi connectivity index (χ3v) is 5.50. The first-order valence-corrected chi connectivity index (χ1v) is 10.0. The van der Waals surface area contributed by atoms with Crippen molar-refractivity contribution in [2.45, 2.75) is 47.0 Å². The van der Waals surface area contributed by atoms with Gasteiger partial charge in [0.25, 0.3) is 0 Å². The van der Waals surface area contributed by atoms with Crippen molar-refractivity contribution in [3.8, 4) is 5.75 Å². The van der Waals surface area contributed by atoms with Crippen LogP contribution in [0.3, 0.4) is 0 Å². The van der Waals surface area contributed by atoms with Gasteiger partial charge in [-0.1, -0.05) is 51.1 Å². The van der Waals surface area contributed by atoms with E-state index in [0.29, 0.717) is 11.3 Å². The van der Waals surface area contributed by atoms with Crippen molar-refractivity contribution in [2.75, 3.05) is 4.90 Å². The van der Waals surface area contributed by atoms with Crippen LogP contribution in [0, 0.1) is 20.8 Å². The van der Waals surface area contributed by atoms with E-state index in [-0.39, 0.29) is 11.4 Å². The average molecular weight is 386 g/mol. The molecule has 3 aromatic rings. The lowest BCUT2D eigenvalue weighted by Gasteiger charge is -2.30. The number of para-hydroxylation sites is 1. The third kappa shape index (κ3) is 3.31. The Morgan fingerprint density at radius 2 is 1.48 bits per heavy atom. The molecular formula is C26H27NO2. The molecule has 4 rings (SSSR count). The Morgan fingerprint density at radius 3 is 2.14 bits per heavy atom. The SMILES string of the molecule is Cc1ccc2c(c1)OC(=O)c1ccccc1N2c1c(C)cc(C(C)(C)C)cc1C. The second-order valence-electron chi connectivity index (χ2n) is 8.92. The van der Waals surface area contributed by atoms with E-state index in [1.54, 1.807) is 0 Å². The quantitative estimate of drug-likeness (QED) is 0.337. The molecule has 0 unspecified atom stereocenters. The lowest BCUT2D eigenvalue weighted by molar-refractivity contribution is 0.0738. The molecule has 0 aromatic heterocycles. The van der Waals surface area contributed by atoms with Gasteiger partial charge in [-0.3, -0.25) is 0 Å². The highest BCUT2D eigenvalue weighted by Gasteiger charge is 2.30. The van der Waals surface area contributed by atoms with Crippen LogP contribution in [0.15, 0.2) is 54.6 Å². The van der Waals surface area contributed by atoms with Gasteiger partial charge in [-0.2, -0.15) is 0 Å². The fourth-order valence-electron chi connectivity index (χ4n) is 4.00. The van der Waals surface area contributed by atoms with E-state index in [1.165, 1.54) is 16.7 Å². The molecule has 0 bridgehead atoms. The van der Waals surface area contributed by atoms with Gasteiger partial charge in [0.2, 0.25) is 0 Å². The molecule has 0 atom stereocenters. The Hall–Kier alpha value is -3.07. The van der Waals surface area contributed by atoms with E-state index in [9.17, 15) is 4.79 Å². The van der Waals surface area contributed by atoms with Crippen LogP contribution in [-0.4, -0.2) is 5.97 Å². The molecule has 0 aliphatic carbocycles. The van der Waals surface area contributed by atoms with E-state index in [2.05, 4.69) is 57.7 Å². The van der Waals surface area contributed by atoms with Crippen molar-refractivity contribution >= 4 is 23.0 Å². The van der Waals surface area contributed by atoms with Gasteiger partial charge in [-0.15, -0.1) is 0 Å². The topological polar surface area (TPSA) is 29.5 Å². The van der Waals surface area contributed by atoms with Crippen LogP contribution in [0.1, 0.15) is 53.4 Å². The highest BCUT2D eigenvalue weighted by molar-refractivity contribution is 6.03. The summed E-state index contributed by atoms with van der Waals surface area (Å²) < 4.78 is 5.79. The Bertz CT molecular complexity index is 1100. The number of fused-ring (bicyclic) bond motifs is 2. The fourth-order valence-corrected chi connectivity index (χ4v) is 4.00. The molecule has 0 saturated carbocycles. The summed E-state index contributed by atoms with van der Waals surface area (Å²) in [6.07, 6.45) is 0. The van der Waals surface area contributed by atoms with Gasteiger partial charge in [0.05, 0.1) is 22.6 Å². The summed E-state index contributed by atoms with van der Waals surface area (Å²) >= 11 is 0. The van der Waals surface area contributed by atoms with Crippen LogP contribution in [0.4, 0.5) is 17.1 Å². The molecular weight excluding hydrogens is 358 g/mol. The molecule has 1 heterocycles. The molecule has 148 valence electrons. The zero-order valence-electron chi connectivity index (χ0n) is 18.0. The number of nitrogens with zero attached hydrogens (tertiary/aromatic N) is 1. The van der Waals surface area contributed by atoms with E-state index < -0.39 is 0 Å². The summed E-state index contributed by atoms with van der Waals surface area (Å²) in [6, 6.07) is 18.2. The second kappa shape index (κ2) is 6.77. The molecule has 0 fully saturated rings. The third-order valence-electron chi connectivity index (χ3n) is 5.50. The van der Waals surface area contributed by atoms with Crippen LogP contribution in [0.25, 0.3) is 0 Å². The van der Waals surface area contributed by atoms with Crippen LogP contribution in [0.2, 0.25) is 0 Å². The van der Waals surface area contributed by atoms with Crippen molar-refractivity contribution in [2.24, 2.45) is 0 Å². The summed E-state index contributed by atoms with van der Waals surface area (Å²) in [5, 5.41) is 0. The second-order valence-corrected chi connectivity index (χ2v) is 8.92. The lowest BCUT2D eigenvalue weighted by Crippen LogP contribution is -2.17. The Balaban J connectivity index is 2.04. The zero-order chi connectivity index (χ0) is 20.9. The highest BCUT2D eigenvalue weighted by Crippen LogP contribution is 2.47. The van der Waals surface area contributed by atoms with Crippen molar-refractivity contribution < 1.29 is 9.53 Å². The van der Waals surface area contributed by atoms with Crippen molar-refractivity contribution in [1.29, 1.82) is 0 Å². The number of carbonyl (C=O) groups excluding carboxylic acids is 1. The summed E-state index contributed by atoms with van der Waals surface area (Å²) in [5.74, 6) is 0.265. The minimum Gasteiger partial charge on any atom is -0.421 e. The summed E-state index contributed by atoms with van der Waals surface area (Å²) in [7, 11) is 0. The van der Waals surface area contributed by atoms with Gasteiger partial charge in [0.15, 0.2) is 5.75 Å². The average Bonchev–Trinajstić information content (AvgIpc) is 2.75. The van der Waals surface area contributed by atoms with Crippen LogP contribution >= 0.6 is 0 Å². The predicted molar refractivity (Wildman–Crippen MR) is 119 cm³/mol. The first-order chi connectivity index (χ1) is 13.7. The standard InChI is InChI=1S/C26H27NO2/c1-16-11-12-22-23(13-16)29-25(28)20-9-7-8-10-21(20)27(22)24-17(2)14-19(15-18(24)3)26(4,5)6/h7-15H,1-6H3. The number of benzene rings is 3. The van der Waals surface area contributed by atoms with Crippen molar-refractivity contribution in [1.82, 2.24) is 0 Å². The summed E-state index contributed by atoms with van der Waals surface area (Å²) in [4.78, 5) is 15.0. The van der Waals surface area contributed by atoms with E-state index in [4.69, 9.17) is 4.74 Å². The minimum atomic E-state index is -0.323. The summed E-state index contributed by atoms with van der Waals surface area (Å²) in [6.45, 7) is 13.0. The Kier molecular flexibility index (Phi) is 4.49. The van der Waals surface area contributed by atoms with E-state index >= 15 is 0 Å². The molecule has 0 radical (unpaired) electrons. The molecule has 3 heteroatoms. The van der Waals surface area contributed by atoms with Gasteiger partial charge in [-0.25, -0.2) is 4.79 Å². The van der Waals surface area contributed by atoms with Crippen molar-refractivity contribution in [3.05, 3.63) is 82.4 Å². The molecule has 0 spiro atoms. The van der Waals surface area contributed by atoms with Crippen LogP contribution in [-0.2, 0) is 5.41 Å². The maximum absolute atomic E-state index is 12.9. The van der Waals surface area contributed by atoms with Crippen LogP contribution < -0.4 is 9.64 Å². The number of esters is 1. The molecule has 0 N–H and O–H groups in total. The predicted octanol–water partition coefficient (Wildman–Crippen LogP) is 6.91. The van der Waals surface area contributed by atoms with Gasteiger partial charge >= 0.3 is 5.97 Å². The number of anilines is 3. The molecule has 3 nitrogen and oxygen atoms in total. The normalized spacial score (nSPS) is 13.4. The molecule has 0 saturated heterocycles. The van der Waals surface area contributed by atoms with E-state index in [0.717, 1.165) is 22.6 Å². The first kappa shape index (κ1) is 19.3. The maximum atomic E-state index is 12.9. The number of hydrogen-bond acceptors (Lipinski definition) is 3. The molecule has 3 aromatic carbocycles. The van der Waals surface area contributed by atoms with Gasteiger partial charge in [0, 0.05) is 0 Å². The molecule has 0 amide bonds. The molecule has 29 heavy (non-hydrogen) atoms. The Morgan fingerprint density at radius 1 is 0.828 bits per heavy atom. The highest BCUT2D eigenvalue weighted by atomic mass is 16.5. The van der Waals surface area contributed by atoms with Crippen LogP contribution in [0.5, 0.6) is 5.75 Å². The molecule has 1 aliphatic rings. The number of aryl methyl sites for hydroxylation is 3. The van der Waals surface area contributed by atoms with Crippen molar-refractivity contribution in [3.63, 3.8) is 0 Å². The van der Waals surface area contributed by atoms with E-state index in [1.807, 2.05) is 43.3 Å². The number of ether oxygens (including phenoxy) is 1. The van der Waals surface area contributed by atoms with Gasteiger partial charge in [0.1, 0.15) is 0 Å². The first-order valence-electron chi connectivity index (χ1n) is 10.0. The minimum absolute atomic E-state index is 0.0683. The fraction of sp³-hybridized carbons (Fsp3) is 0.269. The molecule has 1 aliphatic heterocycles. The largest absolute Gasteiger partial charge is 0.421 e. The maximum Gasteiger partial charge on any atom is 0.345 e. The number of carbonyl (C=O) groups is 1.